The van der Waals surface area contributed by atoms with Crippen molar-refractivity contribution < 1.29 is 18.7 Å². The van der Waals surface area contributed by atoms with Gasteiger partial charge in [-0.25, -0.2) is 9.40 Å². The summed E-state index contributed by atoms with van der Waals surface area (Å²) in [5.41, 5.74) is 4.90. The molecule has 0 radical (unpaired) electrons. The highest BCUT2D eigenvalue weighted by atomic mass is 19.1. The number of halogens is 1. The second-order valence-corrected chi connectivity index (χ2v) is 9.16. The molecule has 0 aliphatic carbocycles. The smallest absolute Gasteiger partial charge is 0.309 e. The SMILES string of the molecule is CCOC(=O)C1CCN(CC(=O)N2N=C(c3ccc(C)c(C)c3)CC2c2cccc(F)c2)CC1. The van der Waals surface area contributed by atoms with E-state index in [9.17, 15) is 14.0 Å². The Morgan fingerprint density at radius 2 is 1.85 bits per heavy atom. The van der Waals surface area contributed by atoms with Gasteiger partial charge in [0.25, 0.3) is 5.91 Å². The number of aryl methyl sites for hydroxylation is 2. The van der Waals surface area contributed by atoms with Gasteiger partial charge < -0.3 is 4.74 Å². The lowest BCUT2D eigenvalue weighted by Crippen LogP contribution is -2.43. The van der Waals surface area contributed by atoms with E-state index in [4.69, 9.17) is 9.84 Å². The lowest BCUT2D eigenvalue weighted by atomic mass is 9.96. The highest BCUT2D eigenvalue weighted by molar-refractivity contribution is 6.03. The molecule has 2 aliphatic rings. The molecule has 2 aromatic carbocycles. The number of nitrogens with zero attached hydrogens (tertiary/aromatic N) is 3. The molecule has 1 atom stereocenters. The summed E-state index contributed by atoms with van der Waals surface area (Å²) in [4.78, 5) is 27.5. The van der Waals surface area contributed by atoms with Gasteiger partial charge in [-0.3, -0.25) is 14.5 Å². The number of carbonyl (C=O) groups excluding carboxylic acids is 2. The molecule has 1 unspecified atom stereocenters. The van der Waals surface area contributed by atoms with Crippen molar-refractivity contribution in [2.45, 2.75) is 46.1 Å². The van der Waals surface area contributed by atoms with Crippen molar-refractivity contribution >= 4 is 17.6 Å². The molecule has 0 aromatic heterocycles. The molecule has 7 heteroatoms. The Bertz CT molecular complexity index is 1090. The minimum Gasteiger partial charge on any atom is -0.466 e. The first-order valence-corrected chi connectivity index (χ1v) is 12.0. The molecule has 180 valence electrons. The lowest BCUT2D eigenvalue weighted by molar-refractivity contribution is -0.149. The second-order valence-electron chi connectivity index (χ2n) is 9.16. The quantitative estimate of drug-likeness (QED) is 0.594. The first-order chi connectivity index (χ1) is 16.4. The number of hydrogen-bond donors (Lipinski definition) is 0. The van der Waals surface area contributed by atoms with E-state index < -0.39 is 0 Å². The van der Waals surface area contributed by atoms with Crippen LogP contribution < -0.4 is 0 Å². The van der Waals surface area contributed by atoms with Gasteiger partial charge in [0.2, 0.25) is 0 Å². The first-order valence-electron chi connectivity index (χ1n) is 12.0. The summed E-state index contributed by atoms with van der Waals surface area (Å²) < 4.78 is 19.1. The Morgan fingerprint density at radius 3 is 2.53 bits per heavy atom. The average molecular weight is 466 g/mol. The summed E-state index contributed by atoms with van der Waals surface area (Å²) in [7, 11) is 0. The Labute approximate surface area is 200 Å². The molecular weight excluding hydrogens is 433 g/mol. The zero-order chi connectivity index (χ0) is 24.2. The predicted molar refractivity (Wildman–Crippen MR) is 129 cm³/mol. The van der Waals surface area contributed by atoms with Crippen LogP contribution in [0, 0.1) is 25.6 Å². The number of hydrazone groups is 1. The van der Waals surface area contributed by atoms with E-state index in [0.717, 1.165) is 22.4 Å². The maximum Gasteiger partial charge on any atom is 0.309 e. The third-order valence-electron chi connectivity index (χ3n) is 6.81. The van der Waals surface area contributed by atoms with Crippen molar-refractivity contribution in [3.8, 4) is 0 Å². The van der Waals surface area contributed by atoms with Crippen LogP contribution in [0.3, 0.4) is 0 Å². The number of hydrogen-bond acceptors (Lipinski definition) is 5. The second kappa shape index (κ2) is 10.5. The molecule has 4 rings (SSSR count). The molecule has 1 fully saturated rings. The molecule has 6 nitrogen and oxygen atoms in total. The van der Waals surface area contributed by atoms with Crippen LogP contribution >= 0.6 is 0 Å². The largest absolute Gasteiger partial charge is 0.466 e. The van der Waals surface area contributed by atoms with Crippen molar-refractivity contribution in [2.24, 2.45) is 11.0 Å². The predicted octanol–water partition coefficient (Wildman–Crippen LogP) is 4.40. The third kappa shape index (κ3) is 5.36. The minimum atomic E-state index is -0.350. The minimum absolute atomic E-state index is 0.104. The van der Waals surface area contributed by atoms with Crippen LogP contribution in [-0.4, -0.2) is 53.7 Å². The fourth-order valence-corrected chi connectivity index (χ4v) is 4.66. The van der Waals surface area contributed by atoms with Crippen LogP contribution in [0.5, 0.6) is 0 Å². The molecule has 2 aromatic rings. The summed E-state index contributed by atoms with van der Waals surface area (Å²) in [6.07, 6.45) is 1.88. The van der Waals surface area contributed by atoms with Crippen LogP contribution in [0.15, 0.2) is 47.6 Å². The normalized spacial score (nSPS) is 19.2. The molecule has 0 saturated carbocycles. The van der Waals surface area contributed by atoms with E-state index >= 15 is 0 Å². The van der Waals surface area contributed by atoms with E-state index in [2.05, 4.69) is 30.9 Å². The number of ether oxygens (including phenoxy) is 1. The molecule has 34 heavy (non-hydrogen) atoms. The van der Waals surface area contributed by atoms with Gasteiger partial charge in [-0.05, 0) is 87.2 Å². The van der Waals surface area contributed by atoms with Gasteiger partial charge in [0.05, 0.1) is 30.8 Å². The van der Waals surface area contributed by atoms with Crippen LogP contribution in [0.25, 0.3) is 0 Å². The monoisotopic (exact) mass is 465 g/mol. The van der Waals surface area contributed by atoms with Crippen LogP contribution in [-0.2, 0) is 14.3 Å². The van der Waals surface area contributed by atoms with Gasteiger partial charge in [0.1, 0.15) is 5.82 Å². The van der Waals surface area contributed by atoms with E-state index in [-0.39, 0.29) is 36.2 Å². The van der Waals surface area contributed by atoms with Gasteiger partial charge in [-0.1, -0.05) is 24.3 Å². The van der Waals surface area contributed by atoms with Crippen molar-refractivity contribution in [1.29, 1.82) is 0 Å². The maximum atomic E-state index is 14.0. The summed E-state index contributed by atoms with van der Waals surface area (Å²) in [6.45, 7) is 7.83. The summed E-state index contributed by atoms with van der Waals surface area (Å²) >= 11 is 0. The van der Waals surface area contributed by atoms with Gasteiger partial charge >= 0.3 is 5.97 Å². The standard InChI is InChI=1S/C27H32FN3O3/c1-4-34-27(33)20-10-12-30(13-11-20)17-26(32)31-25(22-6-5-7-23(28)15-22)16-24(29-31)21-9-8-18(2)19(3)14-21/h5-9,14-15,20,25H,4,10-13,16-17H2,1-3H3. The van der Waals surface area contributed by atoms with Gasteiger partial charge in [-0.15, -0.1) is 0 Å². The summed E-state index contributed by atoms with van der Waals surface area (Å²) in [5.74, 6) is -0.706. The summed E-state index contributed by atoms with van der Waals surface area (Å²) in [6, 6.07) is 12.2. The Kier molecular flexibility index (Phi) is 7.41. The fourth-order valence-electron chi connectivity index (χ4n) is 4.66. The highest BCUT2D eigenvalue weighted by Gasteiger charge is 2.35. The molecule has 0 N–H and O–H groups in total. The zero-order valence-electron chi connectivity index (χ0n) is 20.1. The number of piperidine rings is 1. The van der Waals surface area contributed by atoms with Crippen LogP contribution in [0.2, 0.25) is 0 Å². The van der Waals surface area contributed by atoms with Gasteiger partial charge in [0.15, 0.2) is 0 Å². The summed E-state index contributed by atoms with van der Waals surface area (Å²) in [5, 5.41) is 6.25. The maximum absolute atomic E-state index is 14.0. The van der Waals surface area contributed by atoms with E-state index in [1.165, 1.54) is 22.7 Å². The van der Waals surface area contributed by atoms with Crippen molar-refractivity contribution in [2.75, 3.05) is 26.2 Å². The highest BCUT2D eigenvalue weighted by Crippen LogP contribution is 2.34. The zero-order valence-corrected chi connectivity index (χ0v) is 20.1. The third-order valence-corrected chi connectivity index (χ3v) is 6.81. The molecule has 1 amide bonds. The molecule has 2 heterocycles. The lowest BCUT2D eigenvalue weighted by Gasteiger charge is -2.31. The number of rotatable bonds is 6. The first kappa shape index (κ1) is 24.1. The van der Waals surface area contributed by atoms with Crippen molar-refractivity contribution in [3.05, 3.63) is 70.5 Å². The Balaban J connectivity index is 1.51. The molecular formula is C27H32FN3O3. The number of amides is 1. The van der Waals surface area contributed by atoms with Gasteiger partial charge in [-0.2, -0.15) is 5.10 Å². The molecule has 0 spiro atoms. The van der Waals surface area contributed by atoms with Gasteiger partial charge in [0, 0.05) is 6.42 Å². The van der Waals surface area contributed by atoms with Crippen molar-refractivity contribution in [3.63, 3.8) is 0 Å². The topological polar surface area (TPSA) is 62.2 Å². The molecule has 2 aliphatic heterocycles. The van der Waals surface area contributed by atoms with Crippen LogP contribution in [0.4, 0.5) is 4.39 Å². The number of benzene rings is 2. The van der Waals surface area contributed by atoms with E-state index in [1.807, 2.05) is 19.1 Å². The van der Waals surface area contributed by atoms with E-state index in [0.29, 0.717) is 39.0 Å². The number of likely N-dealkylation sites (tertiary alicyclic amines) is 1. The Hall–Kier alpha value is -3.06. The van der Waals surface area contributed by atoms with Crippen molar-refractivity contribution in [1.82, 2.24) is 9.91 Å². The average Bonchev–Trinajstić information content (AvgIpc) is 3.27. The van der Waals surface area contributed by atoms with Crippen LogP contribution in [0.1, 0.15) is 54.5 Å². The van der Waals surface area contributed by atoms with E-state index in [1.54, 1.807) is 6.07 Å². The molecule has 1 saturated heterocycles. The fraction of sp³-hybridized carbons (Fsp3) is 0.444. The number of esters is 1. The Morgan fingerprint density at radius 1 is 1.09 bits per heavy atom. The molecule has 0 bridgehead atoms. The number of carbonyl (C=O) groups is 2.